The Morgan fingerprint density at radius 1 is 1.04 bits per heavy atom. The molecular weight excluding hydrogens is 344 g/mol. The fraction of sp³-hybridized carbons (Fsp3) is 0.286. The van der Waals surface area contributed by atoms with E-state index < -0.39 is 0 Å². The highest BCUT2D eigenvalue weighted by atomic mass is 32.1. The Hall–Kier alpha value is -2.37. The van der Waals surface area contributed by atoms with Gasteiger partial charge in [-0.2, -0.15) is 0 Å². The van der Waals surface area contributed by atoms with Gasteiger partial charge in [-0.05, 0) is 17.7 Å². The van der Waals surface area contributed by atoms with Crippen LogP contribution in [0, 0.1) is 0 Å². The van der Waals surface area contributed by atoms with Gasteiger partial charge in [-0.25, -0.2) is 4.98 Å². The number of ether oxygens (including phenoxy) is 2. The molecular formula is C21H23N2O2S+. The van der Waals surface area contributed by atoms with E-state index in [9.17, 15) is 0 Å². The molecule has 2 aromatic carbocycles. The molecule has 1 unspecified atom stereocenters. The molecule has 2 heterocycles. The molecule has 0 radical (unpaired) electrons. The molecule has 4 nitrogen and oxygen atoms in total. The molecule has 0 fully saturated rings. The molecule has 26 heavy (non-hydrogen) atoms. The molecule has 1 aromatic heterocycles. The lowest BCUT2D eigenvalue weighted by Crippen LogP contribution is -3.10. The van der Waals surface area contributed by atoms with E-state index in [0.717, 1.165) is 53.8 Å². The second-order valence-corrected chi connectivity index (χ2v) is 7.42. The van der Waals surface area contributed by atoms with Crippen LogP contribution in [0.15, 0.2) is 47.8 Å². The van der Waals surface area contributed by atoms with E-state index in [4.69, 9.17) is 14.5 Å². The zero-order chi connectivity index (χ0) is 17.9. The van der Waals surface area contributed by atoms with Crippen LogP contribution >= 0.6 is 11.3 Å². The number of nitrogens with zero attached hydrogens (tertiary/aromatic N) is 1. The second-order valence-electron chi connectivity index (χ2n) is 6.56. The molecule has 0 spiro atoms. The Balaban J connectivity index is 1.53. The zero-order valence-electron chi connectivity index (χ0n) is 15.1. The summed E-state index contributed by atoms with van der Waals surface area (Å²) in [6.07, 6.45) is 1.15. The van der Waals surface area contributed by atoms with Gasteiger partial charge >= 0.3 is 0 Å². The highest BCUT2D eigenvalue weighted by Crippen LogP contribution is 2.38. The lowest BCUT2D eigenvalue weighted by molar-refractivity contribution is -0.929. The summed E-state index contributed by atoms with van der Waals surface area (Å²) >= 11 is 1.67. The minimum Gasteiger partial charge on any atom is -0.493 e. The van der Waals surface area contributed by atoms with Crippen molar-refractivity contribution in [1.82, 2.24) is 4.98 Å². The average molecular weight is 367 g/mol. The summed E-state index contributed by atoms with van der Waals surface area (Å²) in [5, 5.41) is 3.15. The first kappa shape index (κ1) is 17.1. The first-order valence-electron chi connectivity index (χ1n) is 8.84. The van der Waals surface area contributed by atoms with Crippen LogP contribution in [0.1, 0.15) is 16.8 Å². The lowest BCUT2D eigenvalue weighted by atomic mass is 10.00. The summed E-state index contributed by atoms with van der Waals surface area (Å²) in [6.45, 7) is 3.19. The standard InChI is InChI=1S/C21H22N2O2S/c1-24-19-9-5-8-18(20(19)25-2)21-22-17(14-26-21)13-23-11-10-15-6-3-4-7-16(15)12-23/h3-9,14H,10-13H2,1-2H3/p+1. The van der Waals surface area contributed by atoms with E-state index in [1.165, 1.54) is 11.1 Å². The summed E-state index contributed by atoms with van der Waals surface area (Å²) < 4.78 is 11.0. The van der Waals surface area contributed by atoms with Gasteiger partial charge in [-0.3, -0.25) is 0 Å². The second kappa shape index (κ2) is 7.48. The lowest BCUT2D eigenvalue weighted by Gasteiger charge is -2.25. The maximum absolute atomic E-state index is 5.56. The number of hydrogen-bond donors (Lipinski definition) is 1. The van der Waals surface area contributed by atoms with Gasteiger partial charge in [0.1, 0.15) is 23.8 Å². The molecule has 4 rings (SSSR count). The first-order chi connectivity index (χ1) is 12.8. The number of aromatic nitrogens is 1. The van der Waals surface area contributed by atoms with E-state index in [1.54, 1.807) is 30.5 Å². The van der Waals surface area contributed by atoms with Crippen molar-refractivity contribution in [3.8, 4) is 22.1 Å². The highest BCUT2D eigenvalue weighted by Gasteiger charge is 2.21. The van der Waals surface area contributed by atoms with Crippen LogP contribution in [0.3, 0.4) is 0 Å². The van der Waals surface area contributed by atoms with Gasteiger partial charge in [0.05, 0.1) is 26.3 Å². The summed E-state index contributed by atoms with van der Waals surface area (Å²) in [4.78, 5) is 6.44. The molecule has 0 aliphatic carbocycles. The van der Waals surface area contributed by atoms with Crippen molar-refractivity contribution in [3.05, 3.63) is 64.7 Å². The molecule has 0 amide bonds. The molecule has 1 aliphatic heterocycles. The van der Waals surface area contributed by atoms with Crippen LogP contribution in [0.2, 0.25) is 0 Å². The van der Waals surface area contributed by atoms with Crippen LogP contribution in [0.5, 0.6) is 11.5 Å². The van der Waals surface area contributed by atoms with Crippen LogP contribution in [0.25, 0.3) is 10.6 Å². The van der Waals surface area contributed by atoms with Gasteiger partial charge in [0.2, 0.25) is 0 Å². The Kier molecular flexibility index (Phi) is 4.91. The molecule has 134 valence electrons. The van der Waals surface area contributed by atoms with Crippen LogP contribution in [-0.4, -0.2) is 25.7 Å². The predicted octanol–water partition coefficient (Wildman–Crippen LogP) is 2.97. The third-order valence-corrected chi connectivity index (χ3v) is 5.85. The van der Waals surface area contributed by atoms with Crippen molar-refractivity contribution in [2.75, 3.05) is 20.8 Å². The average Bonchev–Trinajstić information content (AvgIpc) is 3.15. The Morgan fingerprint density at radius 3 is 2.69 bits per heavy atom. The van der Waals surface area contributed by atoms with Gasteiger partial charge < -0.3 is 14.4 Å². The maximum Gasteiger partial charge on any atom is 0.170 e. The van der Waals surface area contributed by atoms with Gasteiger partial charge in [-0.1, -0.05) is 30.3 Å². The molecule has 5 heteroatoms. The van der Waals surface area contributed by atoms with Crippen molar-refractivity contribution in [3.63, 3.8) is 0 Å². The van der Waals surface area contributed by atoms with E-state index >= 15 is 0 Å². The Morgan fingerprint density at radius 2 is 1.88 bits per heavy atom. The summed E-state index contributed by atoms with van der Waals surface area (Å²) in [7, 11) is 3.33. The van der Waals surface area contributed by atoms with E-state index in [0.29, 0.717) is 0 Å². The minimum atomic E-state index is 0.736. The molecule has 3 aromatic rings. The number of benzene rings is 2. The van der Waals surface area contributed by atoms with Gasteiger partial charge in [-0.15, -0.1) is 11.3 Å². The molecule has 1 aliphatic rings. The molecule has 0 saturated carbocycles. The number of nitrogens with one attached hydrogen (secondary N) is 1. The zero-order valence-corrected chi connectivity index (χ0v) is 15.9. The summed E-state index contributed by atoms with van der Waals surface area (Å²) in [6, 6.07) is 14.7. The Labute approximate surface area is 158 Å². The van der Waals surface area contributed by atoms with E-state index in [1.807, 2.05) is 18.2 Å². The fourth-order valence-corrected chi connectivity index (χ4v) is 4.46. The normalized spacial score (nSPS) is 16.2. The minimum absolute atomic E-state index is 0.736. The van der Waals surface area contributed by atoms with Crippen molar-refractivity contribution in [2.45, 2.75) is 19.5 Å². The van der Waals surface area contributed by atoms with Crippen LogP contribution < -0.4 is 14.4 Å². The Bertz CT molecular complexity index is 907. The van der Waals surface area contributed by atoms with Crippen molar-refractivity contribution < 1.29 is 14.4 Å². The predicted molar refractivity (Wildman–Crippen MR) is 104 cm³/mol. The quantitative estimate of drug-likeness (QED) is 0.753. The fourth-order valence-electron chi connectivity index (χ4n) is 3.62. The van der Waals surface area contributed by atoms with Crippen molar-refractivity contribution >= 4 is 11.3 Å². The summed E-state index contributed by atoms with van der Waals surface area (Å²) in [5.41, 5.74) is 5.10. The molecule has 1 atom stereocenters. The number of para-hydroxylation sites is 1. The number of fused-ring (bicyclic) bond motifs is 1. The third-order valence-electron chi connectivity index (χ3n) is 4.92. The number of rotatable bonds is 5. The van der Waals surface area contributed by atoms with Crippen molar-refractivity contribution in [1.29, 1.82) is 0 Å². The largest absolute Gasteiger partial charge is 0.493 e. The number of hydrogen-bond acceptors (Lipinski definition) is 4. The van der Waals surface area contributed by atoms with E-state index in [2.05, 4.69) is 29.6 Å². The summed E-state index contributed by atoms with van der Waals surface area (Å²) in [5.74, 6) is 1.48. The smallest absolute Gasteiger partial charge is 0.170 e. The molecule has 0 saturated heterocycles. The van der Waals surface area contributed by atoms with E-state index in [-0.39, 0.29) is 0 Å². The topological polar surface area (TPSA) is 35.8 Å². The number of methoxy groups -OCH3 is 2. The number of thiazole rings is 1. The van der Waals surface area contributed by atoms with Gasteiger partial charge in [0, 0.05) is 17.4 Å². The molecule has 1 N–H and O–H groups in total. The van der Waals surface area contributed by atoms with Crippen molar-refractivity contribution in [2.24, 2.45) is 0 Å². The third kappa shape index (κ3) is 3.32. The number of quaternary nitrogens is 1. The van der Waals surface area contributed by atoms with Gasteiger partial charge in [0.25, 0.3) is 0 Å². The SMILES string of the molecule is COc1cccc(-c2nc(C[NH+]3CCc4ccccc4C3)cs2)c1OC. The first-order valence-corrected chi connectivity index (χ1v) is 9.72. The highest BCUT2D eigenvalue weighted by molar-refractivity contribution is 7.13. The maximum atomic E-state index is 5.56. The van der Waals surface area contributed by atoms with Crippen LogP contribution in [-0.2, 0) is 19.5 Å². The molecule has 0 bridgehead atoms. The monoisotopic (exact) mass is 367 g/mol. The van der Waals surface area contributed by atoms with Gasteiger partial charge in [0.15, 0.2) is 11.5 Å². The van der Waals surface area contributed by atoms with Crippen LogP contribution in [0.4, 0.5) is 0 Å².